The second-order valence-corrected chi connectivity index (χ2v) is 7.51. The molecule has 3 aromatic rings. The van der Waals surface area contributed by atoms with Crippen LogP contribution in [0.4, 0.5) is 9.52 Å². The number of amides is 1. The first-order valence-electron chi connectivity index (χ1n) is 8.48. The molecule has 1 fully saturated rings. The van der Waals surface area contributed by atoms with Crippen LogP contribution in [0.25, 0.3) is 5.65 Å². The van der Waals surface area contributed by atoms with E-state index < -0.39 is 5.95 Å². The molecule has 4 rings (SSSR count). The fraction of sp³-hybridized carbons (Fsp3) is 0.438. The number of aromatic nitrogens is 5. The van der Waals surface area contributed by atoms with Crippen LogP contribution >= 0.6 is 11.3 Å². The fourth-order valence-corrected chi connectivity index (χ4v) is 4.05. The lowest BCUT2D eigenvalue weighted by atomic mass is 10.2. The molecular weight excluding hydrogens is 373 g/mol. The molecule has 11 heteroatoms. The van der Waals surface area contributed by atoms with E-state index in [9.17, 15) is 9.18 Å². The Bertz CT molecular complexity index is 975. The number of carbonyl (C=O) groups is 1. The number of hydrogen-bond acceptors (Lipinski definition) is 8. The van der Waals surface area contributed by atoms with Gasteiger partial charge in [-0.15, -0.1) is 0 Å². The zero-order valence-electron chi connectivity index (χ0n) is 14.8. The molecule has 0 aromatic carbocycles. The number of rotatable bonds is 5. The first kappa shape index (κ1) is 17.7. The summed E-state index contributed by atoms with van der Waals surface area (Å²) in [6.45, 7) is 4.47. The summed E-state index contributed by atoms with van der Waals surface area (Å²) in [5.74, 6) is -0.817. The first-order valence-corrected chi connectivity index (χ1v) is 9.29. The molecular formula is C16H18FN7O2S. The van der Waals surface area contributed by atoms with Crippen molar-refractivity contribution in [3.63, 3.8) is 0 Å². The van der Waals surface area contributed by atoms with Crippen molar-refractivity contribution in [2.75, 3.05) is 11.9 Å². The van der Waals surface area contributed by atoms with Gasteiger partial charge in [0.05, 0.1) is 4.88 Å². The number of carbonyl (C=O) groups excluding carboxylic acids is 1. The van der Waals surface area contributed by atoms with Gasteiger partial charge in [-0.05, 0) is 6.92 Å². The Morgan fingerprint density at radius 3 is 3.15 bits per heavy atom. The van der Waals surface area contributed by atoms with Crippen molar-refractivity contribution in [1.82, 2.24) is 29.5 Å². The standard InChI is InChI=1S/C16H18FN7O2S/c1-9-5-11(26-16-18-4-3-13-19-8-20-24(13)16)6-23(9)7-12-14(17)22-15(27-12)21-10(2)25/h3-4,8-9,11H,5-7H2,1-2H3,(H,21,22,25)/t9-,11+/m0/s1. The third kappa shape index (κ3) is 3.74. The van der Waals surface area contributed by atoms with Gasteiger partial charge in [0.1, 0.15) is 12.4 Å². The Morgan fingerprint density at radius 2 is 2.33 bits per heavy atom. The average Bonchev–Trinajstić information content (AvgIpc) is 3.29. The minimum atomic E-state index is -0.547. The number of halogens is 1. The zero-order chi connectivity index (χ0) is 19.0. The average molecular weight is 391 g/mol. The summed E-state index contributed by atoms with van der Waals surface area (Å²) < 4.78 is 21.7. The molecule has 27 heavy (non-hydrogen) atoms. The number of likely N-dealkylation sites (tertiary alicyclic amines) is 1. The van der Waals surface area contributed by atoms with Crippen molar-refractivity contribution >= 4 is 28.0 Å². The lowest BCUT2D eigenvalue weighted by Crippen LogP contribution is -2.28. The van der Waals surface area contributed by atoms with Crippen molar-refractivity contribution in [3.8, 4) is 6.01 Å². The van der Waals surface area contributed by atoms with Crippen LogP contribution in [0.15, 0.2) is 18.6 Å². The molecule has 142 valence electrons. The maximum absolute atomic E-state index is 14.1. The van der Waals surface area contributed by atoms with Gasteiger partial charge in [0, 0.05) is 44.7 Å². The molecule has 0 radical (unpaired) electrons. The number of anilines is 1. The highest BCUT2D eigenvalue weighted by molar-refractivity contribution is 7.15. The van der Waals surface area contributed by atoms with Crippen molar-refractivity contribution in [2.24, 2.45) is 0 Å². The van der Waals surface area contributed by atoms with Gasteiger partial charge < -0.3 is 10.1 Å². The van der Waals surface area contributed by atoms with E-state index in [0.29, 0.717) is 29.6 Å². The highest BCUT2D eigenvalue weighted by Crippen LogP contribution is 2.28. The summed E-state index contributed by atoms with van der Waals surface area (Å²) in [4.78, 5) is 25.8. The monoisotopic (exact) mass is 391 g/mol. The lowest BCUT2D eigenvalue weighted by molar-refractivity contribution is -0.114. The number of ether oxygens (including phenoxy) is 1. The predicted molar refractivity (Wildman–Crippen MR) is 96.1 cm³/mol. The number of hydrogen-bond donors (Lipinski definition) is 1. The van der Waals surface area contributed by atoms with Gasteiger partial charge in [-0.1, -0.05) is 11.3 Å². The Labute approximate surface area is 158 Å². The van der Waals surface area contributed by atoms with E-state index in [1.807, 2.05) is 0 Å². The van der Waals surface area contributed by atoms with E-state index in [1.165, 1.54) is 13.3 Å². The van der Waals surface area contributed by atoms with Crippen LogP contribution in [0.5, 0.6) is 6.01 Å². The molecule has 9 nitrogen and oxygen atoms in total. The van der Waals surface area contributed by atoms with Gasteiger partial charge in [-0.3, -0.25) is 9.69 Å². The first-order chi connectivity index (χ1) is 13.0. The fourth-order valence-electron chi connectivity index (χ4n) is 3.13. The molecule has 0 bridgehead atoms. The van der Waals surface area contributed by atoms with Gasteiger partial charge in [-0.2, -0.15) is 19.0 Å². The van der Waals surface area contributed by atoms with Crippen molar-refractivity contribution in [2.45, 2.75) is 39.0 Å². The van der Waals surface area contributed by atoms with Crippen LogP contribution in [-0.2, 0) is 11.3 Å². The van der Waals surface area contributed by atoms with Crippen molar-refractivity contribution in [1.29, 1.82) is 0 Å². The predicted octanol–water partition coefficient (Wildman–Crippen LogP) is 1.72. The molecule has 3 aromatic heterocycles. The van der Waals surface area contributed by atoms with E-state index in [1.54, 1.807) is 16.8 Å². The SMILES string of the molecule is CC(=O)Nc1nc(F)c(CN2C[C@H](Oc3nccc4ncnn34)C[C@@H]2C)s1. The van der Waals surface area contributed by atoms with Gasteiger partial charge in [-0.25, -0.2) is 9.97 Å². The molecule has 4 heterocycles. The van der Waals surface area contributed by atoms with Crippen LogP contribution in [-0.4, -0.2) is 54.1 Å². The van der Waals surface area contributed by atoms with Crippen LogP contribution < -0.4 is 10.1 Å². The molecule has 0 saturated carbocycles. The highest BCUT2D eigenvalue weighted by Gasteiger charge is 2.32. The number of fused-ring (bicyclic) bond motifs is 1. The summed E-state index contributed by atoms with van der Waals surface area (Å²) in [6, 6.07) is 2.35. The molecule has 1 amide bonds. The van der Waals surface area contributed by atoms with E-state index in [4.69, 9.17) is 4.74 Å². The van der Waals surface area contributed by atoms with Gasteiger partial charge in [0.25, 0.3) is 0 Å². The van der Waals surface area contributed by atoms with Crippen LogP contribution in [0.1, 0.15) is 25.1 Å². The van der Waals surface area contributed by atoms with E-state index in [2.05, 4.69) is 37.2 Å². The van der Waals surface area contributed by atoms with E-state index in [-0.39, 0.29) is 23.2 Å². The van der Waals surface area contributed by atoms with Crippen LogP contribution in [0.3, 0.4) is 0 Å². The molecule has 0 spiro atoms. The van der Waals surface area contributed by atoms with Crippen molar-refractivity contribution < 1.29 is 13.9 Å². The normalized spacial score (nSPS) is 20.3. The third-order valence-electron chi connectivity index (χ3n) is 4.38. The Kier molecular flexibility index (Phi) is 4.70. The smallest absolute Gasteiger partial charge is 0.319 e. The Balaban J connectivity index is 1.43. The summed E-state index contributed by atoms with van der Waals surface area (Å²) in [5, 5.41) is 6.91. The van der Waals surface area contributed by atoms with Gasteiger partial charge >= 0.3 is 6.01 Å². The number of thiazole rings is 1. The number of nitrogens with one attached hydrogen (secondary N) is 1. The Hall–Kier alpha value is -2.66. The summed E-state index contributed by atoms with van der Waals surface area (Å²) in [7, 11) is 0. The van der Waals surface area contributed by atoms with Gasteiger partial charge in [0.15, 0.2) is 10.8 Å². The quantitative estimate of drug-likeness (QED) is 0.707. The topological polar surface area (TPSA) is 97.5 Å². The van der Waals surface area contributed by atoms with Crippen LogP contribution in [0.2, 0.25) is 0 Å². The minimum absolute atomic E-state index is 0.0897. The second-order valence-electron chi connectivity index (χ2n) is 6.43. The molecule has 1 saturated heterocycles. The molecule has 1 aliphatic heterocycles. The maximum atomic E-state index is 14.1. The van der Waals surface area contributed by atoms with E-state index >= 15 is 0 Å². The summed E-state index contributed by atoms with van der Waals surface area (Å²) in [5.41, 5.74) is 0.667. The van der Waals surface area contributed by atoms with Crippen LogP contribution in [0, 0.1) is 5.95 Å². The largest absolute Gasteiger partial charge is 0.459 e. The molecule has 0 unspecified atom stereocenters. The zero-order valence-corrected chi connectivity index (χ0v) is 15.6. The molecule has 1 aliphatic rings. The number of nitrogens with zero attached hydrogens (tertiary/aromatic N) is 6. The van der Waals surface area contributed by atoms with E-state index in [0.717, 1.165) is 17.8 Å². The highest BCUT2D eigenvalue weighted by atomic mass is 32.1. The summed E-state index contributed by atoms with van der Waals surface area (Å²) in [6.07, 6.45) is 3.78. The molecule has 1 N–H and O–H groups in total. The maximum Gasteiger partial charge on any atom is 0.319 e. The lowest BCUT2D eigenvalue weighted by Gasteiger charge is -2.19. The van der Waals surface area contributed by atoms with Gasteiger partial charge in [0.2, 0.25) is 11.9 Å². The second kappa shape index (κ2) is 7.16. The third-order valence-corrected chi connectivity index (χ3v) is 5.31. The summed E-state index contributed by atoms with van der Waals surface area (Å²) >= 11 is 1.15. The molecule has 0 aliphatic carbocycles. The minimum Gasteiger partial charge on any atom is -0.459 e. The Morgan fingerprint density at radius 1 is 1.48 bits per heavy atom. The molecule has 2 atom stereocenters. The van der Waals surface area contributed by atoms with Crippen molar-refractivity contribution in [3.05, 3.63) is 29.4 Å².